The number of hydrogen-bond acceptors (Lipinski definition) is 2. The minimum Gasteiger partial charge on any atom is -0.257 e. The fraction of sp³-hybridized carbons (Fsp3) is 0.0870. The number of hydrazone groups is 1. The zero-order valence-corrected chi connectivity index (χ0v) is 14.9. The molecule has 0 aromatic heterocycles. The van der Waals surface area contributed by atoms with Crippen LogP contribution in [0.1, 0.15) is 23.6 Å². The SMILES string of the molecule is Fc1ccc(C=CC2=NN(c3ccc(F)cc3)C(c3ccc(F)cc3)C2)cc1. The van der Waals surface area contributed by atoms with Crippen molar-refractivity contribution in [2.75, 3.05) is 5.01 Å². The molecule has 0 bridgehead atoms. The third kappa shape index (κ3) is 3.98. The Morgan fingerprint density at radius 1 is 0.714 bits per heavy atom. The van der Waals surface area contributed by atoms with E-state index in [0.29, 0.717) is 6.42 Å². The molecule has 5 heteroatoms. The van der Waals surface area contributed by atoms with Crippen molar-refractivity contribution in [1.82, 2.24) is 0 Å². The second-order valence-electron chi connectivity index (χ2n) is 6.57. The summed E-state index contributed by atoms with van der Waals surface area (Å²) in [5.74, 6) is -0.900. The van der Waals surface area contributed by atoms with Gasteiger partial charge < -0.3 is 0 Å². The highest BCUT2D eigenvalue weighted by atomic mass is 19.1. The number of halogens is 3. The summed E-state index contributed by atoms with van der Waals surface area (Å²) in [6, 6.07) is 18.5. The third-order valence-corrected chi connectivity index (χ3v) is 4.62. The van der Waals surface area contributed by atoms with Gasteiger partial charge in [-0.15, -0.1) is 0 Å². The van der Waals surface area contributed by atoms with E-state index >= 15 is 0 Å². The topological polar surface area (TPSA) is 15.6 Å². The molecule has 0 aliphatic carbocycles. The quantitative estimate of drug-likeness (QED) is 0.534. The average Bonchev–Trinajstić information content (AvgIpc) is 3.13. The zero-order chi connectivity index (χ0) is 19.5. The Labute approximate surface area is 161 Å². The zero-order valence-electron chi connectivity index (χ0n) is 14.9. The van der Waals surface area contributed by atoms with E-state index in [1.54, 1.807) is 36.4 Å². The lowest BCUT2D eigenvalue weighted by Gasteiger charge is -2.24. The molecule has 2 nitrogen and oxygen atoms in total. The van der Waals surface area contributed by atoms with Crippen LogP contribution in [0.5, 0.6) is 0 Å². The van der Waals surface area contributed by atoms with E-state index in [1.165, 1.54) is 36.4 Å². The van der Waals surface area contributed by atoms with E-state index < -0.39 is 0 Å². The summed E-state index contributed by atoms with van der Waals surface area (Å²) in [5.41, 5.74) is 3.35. The molecule has 0 saturated carbocycles. The molecule has 0 spiro atoms. The first kappa shape index (κ1) is 18.0. The Morgan fingerprint density at radius 2 is 1.25 bits per heavy atom. The first-order valence-electron chi connectivity index (χ1n) is 8.90. The van der Waals surface area contributed by atoms with E-state index in [-0.39, 0.29) is 23.5 Å². The largest absolute Gasteiger partial charge is 0.257 e. The molecule has 0 radical (unpaired) electrons. The molecule has 3 aromatic carbocycles. The summed E-state index contributed by atoms with van der Waals surface area (Å²) in [6.45, 7) is 0. The van der Waals surface area contributed by atoms with Gasteiger partial charge in [0.1, 0.15) is 17.5 Å². The van der Waals surface area contributed by atoms with E-state index in [9.17, 15) is 13.2 Å². The van der Waals surface area contributed by atoms with Crippen LogP contribution >= 0.6 is 0 Å². The van der Waals surface area contributed by atoms with Crippen molar-refractivity contribution in [3.8, 4) is 0 Å². The number of anilines is 1. The second-order valence-corrected chi connectivity index (χ2v) is 6.57. The van der Waals surface area contributed by atoms with Crippen molar-refractivity contribution in [2.24, 2.45) is 5.10 Å². The van der Waals surface area contributed by atoms with Gasteiger partial charge in [-0.2, -0.15) is 5.10 Å². The Hall–Kier alpha value is -3.34. The second kappa shape index (κ2) is 7.72. The molecule has 140 valence electrons. The smallest absolute Gasteiger partial charge is 0.123 e. The summed E-state index contributed by atoms with van der Waals surface area (Å²) in [6.07, 6.45) is 4.36. The van der Waals surface area contributed by atoms with Crippen molar-refractivity contribution in [3.63, 3.8) is 0 Å². The number of nitrogens with zero attached hydrogens (tertiary/aromatic N) is 2. The van der Waals surface area contributed by atoms with E-state index in [1.807, 2.05) is 17.2 Å². The summed E-state index contributed by atoms with van der Waals surface area (Å²) < 4.78 is 39.7. The van der Waals surface area contributed by atoms with Gasteiger partial charge in [0, 0.05) is 6.42 Å². The van der Waals surface area contributed by atoms with Crippen LogP contribution in [0.25, 0.3) is 6.08 Å². The highest BCUT2D eigenvalue weighted by molar-refractivity contribution is 6.01. The van der Waals surface area contributed by atoms with Crippen LogP contribution in [-0.4, -0.2) is 5.71 Å². The molecular formula is C23H17F3N2. The van der Waals surface area contributed by atoms with Crippen molar-refractivity contribution in [3.05, 3.63) is 107 Å². The summed E-state index contributed by atoms with van der Waals surface area (Å²) in [5, 5.41) is 6.49. The van der Waals surface area contributed by atoms with Gasteiger partial charge in [0.15, 0.2) is 0 Å². The lowest BCUT2D eigenvalue weighted by atomic mass is 10.0. The maximum absolute atomic E-state index is 13.3. The van der Waals surface area contributed by atoms with Crippen LogP contribution in [0.15, 0.2) is 84.0 Å². The normalized spacial score (nSPS) is 16.6. The molecule has 1 unspecified atom stereocenters. The van der Waals surface area contributed by atoms with E-state index in [4.69, 9.17) is 0 Å². The third-order valence-electron chi connectivity index (χ3n) is 4.62. The Kier molecular flexibility index (Phi) is 4.98. The maximum Gasteiger partial charge on any atom is 0.123 e. The van der Waals surface area contributed by atoms with Crippen LogP contribution < -0.4 is 5.01 Å². The predicted molar refractivity (Wildman–Crippen MR) is 106 cm³/mol. The van der Waals surface area contributed by atoms with Gasteiger partial charge in [-0.25, -0.2) is 13.2 Å². The number of rotatable bonds is 4. The Bertz CT molecular complexity index is 1010. The first-order chi connectivity index (χ1) is 13.6. The van der Waals surface area contributed by atoms with Gasteiger partial charge >= 0.3 is 0 Å². The molecule has 0 N–H and O–H groups in total. The molecule has 1 aliphatic heterocycles. The van der Waals surface area contributed by atoms with Gasteiger partial charge in [-0.05, 0) is 65.7 Å². The molecule has 4 rings (SSSR count). The average molecular weight is 378 g/mol. The highest BCUT2D eigenvalue weighted by Crippen LogP contribution is 2.35. The van der Waals surface area contributed by atoms with Gasteiger partial charge in [0.25, 0.3) is 0 Å². The molecule has 1 aliphatic rings. The van der Waals surface area contributed by atoms with Gasteiger partial charge in [-0.3, -0.25) is 5.01 Å². The van der Waals surface area contributed by atoms with Crippen LogP contribution in [0.3, 0.4) is 0 Å². The minimum absolute atomic E-state index is 0.126. The summed E-state index contributed by atoms with van der Waals surface area (Å²) in [4.78, 5) is 0. The number of allylic oxidation sites excluding steroid dienone is 1. The summed E-state index contributed by atoms with van der Waals surface area (Å²) in [7, 11) is 0. The van der Waals surface area contributed by atoms with Crippen molar-refractivity contribution in [2.45, 2.75) is 12.5 Å². The van der Waals surface area contributed by atoms with Crippen LogP contribution in [0.2, 0.25) is 0 Å². The molecule has 28 heavy (non-hydrogen) atoms. The van der Waals surface area contributed by atoms with Crippen LogP contribution in [0.4, 0.5) is 18.9 Å². The highest BCUT2D eigenvalue weighted by Gasteiger charge is 2.28. The lowest BCUT2D eigenvalue weighted by Crippen LogP contribution is -2.18. The Balaban J connectivity index is 1.64. The minimum atomic E-state index is -0.318. The number of hydrogen-bond donors (Lipinski definition) is 0. The van der Waals surface area contributed by atoms with Gasteiger partial charge in [0.2, 0.25) is 0 Å². The molecule has 1 atom stereocenters. The molecule has 0 fully saturated rings. The van der Waals surface area contributed by atoms with Crippen LogP contribution in [0, 0.1) is 17.5 Å². The fourth-order valence-electron chi connectivity index (χ4n) is 3.18. The van der Waals surface area contributed by atoms with Gasteiger partial charge in [-0.1, -0.05) is 30.3 Å². The molecular weight excluding hydrogens is 361 g/mol. The first-order valence-corrected chi connectivity index (χ1v) is 8.90. The van der Waals surface area contributed by atoms with Crippen LogP contribution in [-0.2, 0) is 0 Å². The van der Waals surface area contributed by atoms with Crippen molar-refractivity contribution >= 4 is 17.5 Å². The lowest BCUT2D eigenvalue weighted by molar-refractivity contribution is 0.622. The standard InChI is InChI=1S/C23H17F3N2/c24-18-6-1-16(2-7-18)3-12-21-15-23(17-4-8-19(25)9-5-17)28(27-21)22-13-10-20(26)11-14-22/h1-14,23H,15H2. The fourth-order valence-corrected chi connectivity index (χ4v) is 3.18. The van der Waals surface area contributed by atoms with Crippen molar-refractivity contribution < 1.29 is 13.2 Å². The van der Waals surface area contributed by atoms with Crippen molar-refractivity contribution in [1.29, 1.82) is 0 Å². The predicted octanol–water partition coefficient (Wildman–Crippen LogP) is 6.12. The number of benzene rings is 3. The summed E-state index contributed by atoms with van der Waals surface area (Å²) >= 11 is 0. The Morgan fingerprint density at radius 3 is 1.86 bits per heavy atom. The monoisotopic (exact) mass is 378 g/mol. The molecule has 0 saturated heterocycles. The van der Waals surface area contributed by atoms with E-state index in [2.05, 4.69) is 5.10 Å². The molecule has 1 heterocycles. The molecule has 0 amide bonds. The van der Waals surface area contributed by atoms with E-state index in [0.717, 1.165) is 22.5 Å². The maximum atomic E-state index is 13.3. The van der Waals surface area contributed by atoms with Gasteiger partial charge in [0.05, 0.1) is 17.4 Å². The molecule has 3 aromatic rings.